The first-order chi connectivity index (χ1) is 8.43. The zero-order valence-electron chi connectivity index (χ0n) is 10.6. The maximum Gasteiger partial charge on any atom is 0.381 e. The average Bonchev–Trinajstić information content (AvgIpc) is 2.68. The number of aryl methyl sites for hydroxylation is 1. The summed E-state index contributed by atoms with van der Waals surface area (Å²) in [5, 5.41) is 16.2. The largest absolute Gasteiger partial charge is 0.381 e. The predicted molar refractivity (Wildman–Crippen MR) is 65.1 cm³/mol. The molecule has 0 spiro atoms. The van der Waals surface area contributed by atoms with Crippen LogP contribution in [0.2, 0.25) is 0 Å². The van der Waals surface area contributed by atoms with E-state index >= 15 is 0 Å². The van der Waals surface area contributed by atoms with Crippen LogP contribution < -0.4 is 10.6 Å². The van der Waals surface area contributed by atoms with Crippen LogP contribution in [-0.2, 0) is 11.3 Å². The van der Waals surface area contributed by atoms with E-state index in [0.717, 1.165) is 0 Å². The number of nitrogens with one attached hydrogen (secondary N) is 2. The summed E-state index contributed by atoms with van der Waals surface area (Å²) >= 11 is 0. The van der Waals surface area contributed by atoms with E-state index in [2.05, 4.69) is 15.6 Å². The number of aromatic nitrogens is 2. The number of likely N-dealkylation sites (N-methyl/N-ethyl adjacent to an activating group) is 1. The number of nitrogens with zero attached hydrogens (tertiary/aromatic N) is 3. The van der Waals surface area contributed by atoms with Crippen LogP contribution >= 0.6 is 0 Å². The van der Waals surface area contributed by atoms with Crippen molar-refractivity contribution in [2.24, 2.45) is 0 Å². The van der Waals surface area contributed by atoms with Gasteiger partial charge in [0.25, 0.3) is 0 Å². The van der Waals surface area contributed by atoms with Gasteiger partial charge in [0.15, 0.2) is 0 Å². The minimum Gasteiger partial charge on any atom is -0.358 e. The standard InChI is InChI=1S/C10H17N5O3/c1-7(11-3)4-12-10(16)6-14-5-9(15(17)18)13-8(14)2/h5,7,11H,4,6H2,1-3H3,(H,12,16). The fraction of sp³-hybridized carbons (Fsp3) is 0.600. The van der Waals surface area contributed by atoms with Gasteiger partial charge in [0.05, 0.1) is 0 Å². The minimum absolute atomic E-state index is 0.0309. The van der Waals surface area contributed by atoms with Crippen LogP contribution in [0.25, 0.3) is 0 Å². The van der Waals surface area contributed by atoms with E-state index in [1.807, 2.05) is 6.92 Å². The van der Waals surface area contributed by atoms with Gasteiger partial charge in [-0.15, -0.1) is 0 Å². The molecule has 0 aliphatic heterocycles. The molecule has 0 bridgehead atoms. The van der Waals surface area contributed by atoms with Crippen LogP contribution in [0.5, 0.6) is 0 Å². The van der Waals surface area contributed by atoms with Gasteiger partial charge in [-0.3, -0.25) is 9.36 Å². The average molecular weight is 255 g/mol. The van der Waals surface area contributed by atoms with Crippen LogP contribution in [0, 0.1) is 17.0 Å². The monoisotopic (exact) mass is 255 g/mol. The zero-order valence-corrected chi connectivity index (χ0v) is 10.6. The molecule has 1 unspecified atom stereocenters. The molecule has 0 saturated heterocycles. The summed E-state index contributed by atoms with van der Waals surface area (Å²) in [6, 6.07) is 0.173. The van der Waals surface area contributed by atoms with E-state index < -0.39 is 4.92 Å². The quantitative estimate of drug-likeness (QED) is 0.542. The third-order valence-electron chi connectivity index (χ3n) is 2.56. The van der Waals surface area contributed by atoms with Crippen LogP contribution in [0.4, 0.5) is 5.82 Å². The van der Waals surface area contributed by atoms with Crippen LogP contribution in [0.1, 0.15) is 12.7 Å². The smallest absolute Gasteiger partial charge is 0.358 e. The van der Waals surface area contributed by atoms with Crippen molar-refractivity contribution in [1.29, 1.82) is 0 Å². The Labute approximate surface area is 105 Å². The van der Waals surface area contributed by atoms with E-state index in [-0.39, 0.29) is 24.3 Å². The number of carbonyl (C=O) groups is 1. The fourth-order valence-corrected chi connectivity index (χ4v) is 1.32. The lowest BCUT2D eigenvalue weighted by Gasteiger charge is -2.11. The van der Waals surface area contributed by atoms with Crippen LogP contribution in [0.3, 0.4) is 0 Å². The molecule has 0 fully saturated rings. The van der Waals surface area contributed by atoms with E-state index in [9.17, 15) is 14.9 Å². The first-order valence-corrected chi connectivity index (χ1v) is 5.56. The van der Waals surface area contributed by atoms with Crippen molar-refractivity contribution in [3.63, 3.8) is 0 Å². The summed E-state index contributed by atoms with van der Waals surface area (Å²) in [5.74, 6) is -0.00472. The first-order valence-electron chi connectivity index (χ1n) is 5.56. The molecule has 8 nitrogen and oxygen atoms in total. The molecule has 1 amide bonds. The molecular formula is C10H17N5O3. The molecule has 1 aromatic rings. The number of carbonyl (C=O) groups excluding carboxylic acids is 1. The van der Waals surface area contributed by atoms with Gasteiger partial charge in [0, 0.05) is 19.5 Å². The summed E-state index contributed by atoms with van der Waals surface area (Å²) in [7, 11) is 1.81. The van der Waals surface area contributed by atoms with Crippen molar-refractivity contribution < 1.29 is 9.72 Å². The van der Waals surface area contributed by atoms with Gasteiger partial charge in [-0.25, -0.2) is 0 Å². The van der Waals surface area contributed by atoms with Gasteiger partial charge in [-0.05, 0) is 23.9 Å². The van der Waals surface area contributed by atoms with Crippen LogP contribution in [-0.4, -0.2) is 40.0 Å². The second-order valence-electron chi connectivity index (χ2n) is 4.03. The Hall–Kier alpha value is -1.96. The van der Waals surface area contributed by atoms with Crippen molar-refractivity contribution in [2.75, 3.05) is 13.6 Å². The topological polar surface area (TPSA) is 102 Å². The number of nitro groups is 1. The molecule has 0 aromatic carbocycles. The highest BCUT2D eigenvalue weighted by Crippen LogP contribution is 2.09. The Morgan fingerprint density at radius 1 is 1.67 bits per heavy atom. The highest BCUT2D eigenvalue weighted by molar-refractivity contribution is 5.75. The van der Waals surface area contributed by atoms with Crippen molar-refractivity contribution in [3.8, 4) is 0 Å². The van der Waals surface area contributed by atoms with Crippen molar-refractivity contribution >= 4 is 11.7 Å². The second kappa shape index (κ2) is 6.10. The summed E-state index contributed by atoms with van der Waals surface area (Å²) in [5.41, 5.74) is 0. The van der Waals surface area contributed by atoms with Gasteiger partial charge in [0.2, 0.25) is 11.7 Å². The molecule has 0 radical (unpaired) electrons. The lowest BCUT2D eigenvalue weighted by molar-refractivity contribution is -0.389. The van der Waals surface area contributed by atoms with Crippen molar-refractivity contribution in [2.45, 2.75) is 26.4 Å². The normalized spacial score (nSPS) is 12.2. The molecular weight excluding hydrogens is 238 g/mol. The Balaban J connectivity index is 2.56. The molecule has 8 heteroatoms. The molecule has 1 aromatic heterocycles. The van der Waals surface area contributed by atoms with Crippen molar-refractivity contribution in [1.82, 2.24) is 20.2 Å². The van der Waals surface area contributed by atoms with E-state index in [1.165, 1.54) is 10.8 Å². The number of amides is 1. The Morgan fingerprint density at radius 3 is 2.83 bits per heavy atom. The van der Waals surface area contributed by atoms with Gasteiger partial charge < -0.3 is 20.7 Å². The van der Waals surface area contributed by atoms with E-state index in [4.69, 9.17) is 0 Å². The zero-order chi connectivity index (χ0) is 13.7. The Kier molecular flexibility index (Phi) is 4.78. The molecule has 1 heterocycles. The molecule has 0 aliphatic carbocycles. The van der Waals surface area contributed by atoms with Crippen molar-refractivity contribution in [3.05, 3.63) is 22.1 Å². The lowest BCUT2D eigenvalue weighted by atomic mass is 10.3. The maximum atomic E-state index is 11.6. The van der Waals surface area contributed by atoms with Crippen LogP contribution in [0.15, 0.2) is 6.20 Å². The SMILES string of the molecule is CNC(C)CNC(=O)Cn1cc([N+](=O)[O-])nc1C. The summed E-state index contributed by atoms with van der Waals surface area (Å²) in [4.78, 5) is 25.3. The molecule has 1 rings (SSSR count). The van der Waals surface area contributed by atoms with Gasteiger partial charge >= 0.3 is 5.82 Å². The maximum absolute atomic E-state index is 11.6. The van der Waals surface area contributed by atoms with E-state index in [0.29, 0.717) is 12.4 Å². The number of imidazole rings is 1. The second-order valence-corrected chi connectivity index (χ2v) is 4.03. The molecule has 18 heavy (non-hydrogen) atoms. The van der Waals surface area contributed by atoms with Gasteiger partial charge in [0.1, 0.15) is 12.7 Å². The molecule has 2 N–H and O–H groups in total. The van der Waals surface area contributed by atoms with E-state index in [1.54, 1.807) is 14.0 Å². The highest BCUT2D eigenvalue weighted by Gasteiger charge is 2.16. The number of rotatable bonds is 6. The Bertz CT molecular complexity index is 443. The molecule has 1 atom stereocenters. The minimum atomic E-state index is -0.579. The molecule has 0 aliphatic rings. The first kappa shape index (κ1) is 14.1. The number of hydrogen-bond acceptors (Lipinski definition) is 5. The lowest BCUT2D eigenvalue weighted by Crippen LogP contribution is -2.38. The van der Waals surface area contributed by atoms with Gasteiger partial charge in [-0.1, -0.05) is 0 Å². The molecule has 0 saturated carbocycles. The predicted octanol–water partition coefficient (Wildman–Crippen LogP) is -0.176. The molecule has 100 valence electrons. The summed E-state index contributed by atoms with van der Waals surface area (Å²) in [6.45, 7) is 4.10. The highest BCUT2D eigenvalue weighted by atomic mass is 16.6. The van der Waals surface area contributed by atoms with Gasteiger partial charge in [-0.2, -0.15) is 0 Å². The summed E-state index contributed by atoms with van der Waals surface area (Å²) in [6.07, 6.45) is 1.26. The summed E-state index contributed by atoms with van der Waals surface area (Å²) < 4.78 is 1.46. The number of hydrogen-bond donors (Lipinski definition) is 2. The Morgan fingerprint density at radius 2 is 2.33 bits per heavy atom. The fourth-order valence-electron chi connectivity index (χ4n) is 1.32. The third kappa shape index (κ3) is 3.81. The third-order valence-corrected chi connectivity index (χ3v) is 2.56.